The Hall–Kier alpha value is -2.15. The second-order valence-corrected chi connectivity index (χ2v) is 6.32. The van der Waals surface area contributed by atoms with Crippen LogP contribution in [0.3, 0.4) is 0 Å². The lowest BCUT2D eigenvalue weighted by atomic mass is 10.1. The summed E-state index contributed by atoms with van der Waals surface area (Å²) in [6, 6.07) is 15.3. The predicted molar refractivity (Wildman–Crippen MR) is 101 cm³/mol. The topological polar surface area (TPSA) is 41.9 Å². The maximum Gasteiger partial charge on any atom is 0.280 e. The molecule has 2 aromatic rings. The van der Waals surface area contributed by atoms with Gasteiger partial charge in [0.1, 0.15) is 5.75 Å². The molecule has 3 rings (SSSR count). The van der Waals surface area contributed by atoms with Crippen molar-refractivity contribution in [3.63, 3.8) is 0 Å². The first kappa shape index (κ1) is 15.7. The summed E-state index contributed by atoms with van der Waals surface area (Å²) in [6.45, 7) is 1.84. The number of benzene rings is 2. The summed E-state index contributed by atoms with van der Waals surface area (Å²) < 4.78 is 6.45. The van der Waals surface area contributed by atoms with Crippen molar-refractivity contribution in [1.82, 2.24) is 0 Å². The monoisotopic (exact) mass is 418 g/mol. The number of halogens is 1. The van der Waals surface area contributed by atoms with Crippen molar-refractivity contribution in [3.8, 4) is 5.75 Å². The van der Waals surface area contributed by atoms with Crippen LogP contribution in [0.15, 0.2) is 59.2 Å². The van der Waals surface area contributed by atoms with Gasteiger partial charge < -0.3 is 4.74 Å². The Morgan fingerprint density at radius 2 is 1.83 bits per heavy atom. The number of nitrogens with zero attached hydrogens (tertiary/aromatic N) is 2. The van der Waals surface area contributed by atoms with Crippen LogP contribution in [0.25, 0.3) is 6.08 Å². The van der Waals surface area contributed by atoms with E-state index >= 15 is 0 Å². The Balaban J connectivity index is 1.97. The van der Waals surface area contributed by atoms with Gasteiger partial charge in [-0.1, -0.05) is 18.2 Å². The van der Waals surface area contributed by atoms with Crippen LogP contribution < -0.4 is 9.75 Å². The second kappa shape index (κ2) is 6.54. The number of ether oxygens (including phenoxy) is 1. The molecule has 0 fully saturated rings. The van der Waals surface area contributed by atoms with Gasteiger partial charge in [-0.05, 0) is 65.9 Å². The average Bonchev–Trinajstić information content (AvgIpc) is 2.84. The highest BCUT2D eigenvalue weighted by Crippen LogP contribution is 2.27. The predicted octanol–water partition coefficient (Wildman–Crippen LogP) is 4.11. The van der Waals surface area contributed by atoms with Crippen molar-refractivity contribution in [2.75, 3.05) is 12.1 Å². The van der Waals surface area contributed by atoms with E-state index in [0.29, 0.717) is 11.3 Å². The van der Waals surface area contributed by atoms with E-state index in [1.807, 2.05) is 61.5 Å². The Labute approximate surface area is 148 Å². The Morgan fingerprint density at radius 1 is 1.13 bits per heavy atom. The smallest absolute Gasteiger partial charge is 0.280 e. The van der Waals surface area contributed by atoms with Gasteiger partial charge in [0, 0.05) is 9.13 Å². The average molecular weight is 418 g/mol. The molecule has 0 atom stereocenters. The summed E-state index contributed by atoms with van der Waals surface area (Å²) in [7, 11) is 1.62. The van der Waals surface area contributed by atoms with E-state index in [1.54, 1.807) is 7.11 Å². The highest BCUT2D eigenvalue weighted by atomic mass is 127. The summed E-state index contributed by atoms with van der Waals surface area (Å²) in [5, 5.41) is 5.83. The Bertz CT molecular complexity index is 810. The zero-order valence-electron chi connectivity index (χ0n) is 12.8. The molecule has 1 amide bonds. The van der Waals surface area contributed by atoms with E-state index in [2.05, 4.69) is 27.7 Å². The van der Waals surface area contributed by atoms with Crippen LogP contribution in [0.5, 0.6) is 5.75 Å². The summed E-state index contributed by atoms with van der Waals surface area (Å²) >= 11 is 2.23. The molecule has 0 radical (unpaired) electrons. The normalized spacial score (nSPS) is 16.0. The summed E-state index contributed by atoms with van der Waals surface area (Å²) in [4.78, 5) is 12.7. The number of hydrazone groups is 1. The first-order valence-electron chi connectivity index (χ1n) is 7.10. The van der Waals surface area contributed by atoms with Crippen LogP contribution in [-0.4, -0.2) is 18.7 Å². The number of carbonyl (C=O) groups is 1. The number of amides is 1. The first-order valence-corrected chi connectivity index (χ1v) is 8.18. The van der Waals surface area contributed by atoms with E-state index < -0.39 is 0 Å². The fraction of sp³-hybridized carbons (Fsp3) is 0.111. The molecular weight excluding hydrogens is 403 g/mol. The quantitative estimate of drug-likeness (QED) is 0.557. The lowest BCUT2D eigenvalue weighted by molar-refractivity contribution is -0.114. The van der Waals surface area contributed by atoms with Crippen LogP contribution in [0.4, 0.5) is 5.69 Å². The van der Waals surface area contributed by atoms with E-state index in [0.717, 1.165) is 20.6 Å². The minimum atomic E-state index is -0.130. The third kappa shape index (κ3) is 3.14. The van der Waals surface area contributed by atoms with Crippen LogP contribution in [0, 0.1) is 3.57 Å². The number of rotatable bonds is 3. The molecule has 4 nitrogen and oxygen atoms in total. The van der Waals surface area contributed by atoms with Crippen molar-refractivity contribution < 1.29 is 9.53 Å². The van der Waals surface area contributed by atoms with E-state index in [4.69, 9.17) is 4.74 Å². The maximum absolute atomic E-state index is 12.7. The van der Waals surface area contributed by atoms with E-state index in [-0.39, 0.29) is 5.91 Å². The van der Waals surface area contributed by atoms with Gasteiger partial charge in [-0.2, -0.15) is 10.1 Å². The lowest BCUT2D eigenvalue weighted by Gasteiger charge is -2.11. The molecule has 1 aliphatic heterocycles. The van der Waals surface area contributed by atoms with Gasteiger partial charge in [0.25, 0.3) is 5.91 Å². The standard InChI is InChI=1S/C18H15IN2O2/c1-12-16(11-13-5-3-4-6-17(13)23-2)18(22)21(20-12)15-9-7-14(19)8-10-15/h3-11H,1-2H3/b16-11+. The zero-order valence-corrected chi connectivity index (χ0v) is 14.9. The number of hydrogen-bond donors (Lipinski definition) is 0. The molecule has 1 heterocycles. The molecule has 116 valence electrons. The number of para-hydroxylation sites is 1. The fourth-order valence-corrected chi connectivity index (χ4v) is 2.74. The van der Waals surface area contributed by atoms with Crippen molar-refractivity contribution in [1.29, 1.82) is 0 Å². The van der Waals surface area contributed by atoms with Gasteiger partial charge in [-0.3, -0.25) is 4.79 Å². The molecule has 0 saturated carbocycles. The Morgan fingerprint density at radius 3 is 2.52 bits per heavy atom. The maximum atomic E-state index is 12.7. The molecule has 0 aromatic heterocycles. The Kier molecular flexibility index (Phi) is 4.47. The van der Waals surface area contributed by atoms with Crippen LogP contribution in [0.1, 0.15) is 12.5 Å². The minimum Gasteiger partial charge on any atom is -0.496 e. The molecule has 0 bridgehead atoms. The molecule has 1 aliphatic rings. The SMILES string of the molecule is COc1ccccc1/C=C1/C(=O)N(c2ccc(I)cc2)N=C1C. The highest BCUT2D eigenvalue weighted by Gasteiger charge is 2.28. The van der Waals surface area contributed by atoms with Crippen molar-refractivity contribution >= 4 is 46.0 Å². The fourth-order valence-electron chi connectivity index (χ4n) is 2.38. The molecular formula is C18H15IN2O2. The third-order valence-corrected chi connectivity index (χ3v) is 4.29. The molecule has 0 aliphatic carbocycles. The van der Waals surface area contributed by atoms with Crippen molar-refractivity contribution in [2.24, 2.45) is 5.10 Å². The molecule has 0 spiro atoms. The summed E-state index contributed by atoms with van der Waals surface area (Å²) in [6.07, 6.45) is 1.83. The van der Waals surface area contributed by atoms with Gasteiger partial charge >= 0.3 is 0 Å². The van der Waals surface area contributed by atoms with Crippen LogP contribution in [0.2, 0.25) is 0 Å². The van der Waals surface area contributed by atoms with Crippen molar-refractivity contribution in [3.05, 3.63) is 63.2 Å². The molecule has 5 heteroatoms. The third-order valence-electron chi connectivity index (χ3n) is 3.57. The van der Waals surface area contributed by atoms with Gasteiger partial charge in [0.2, 0.25) is 0 Å². The molecule has 2 aromatic carbocycles. The molecule has 0 saturated heterocycles. The molecule has 23 heavy (non-hydrogen) atoms. The largest absolute Gasteiger partial charge is 0.496 e. The summed E-state index contributed by atoms with van der Waals surface area (Å²) in [5.41, 5.74) is 2.89. The second-order valence-electron chi connectivity index (χ2n) is 5.08. The van der Waals surface area contributed by atoms with Crippen molar-refractivity contribution in [2.45, 2.75) is 6.92 Å². The molecule has 0 N–H and O–H groups in total. The highest BCUT2D eigenvalue weighted by molar-refractivity contribution is 14.1. The summed E-state index contributed by atoms with van der Waals surface area (Å²) in [5.74, 6) is 0.600. The zero-order chi connectivity index (χ0) is 16.4. The minimum absolute atomic E-state index is 0.130. The number of methoxy groups -OCH3 is 1. The van der Waals surface area contributed by atoms with E-state index in [9.17, 15) is 4.79 Å². The van der Waals surface area contributed by atoms with Crippen LogP contribution >= 0.6 is 22.6 Å². The van der Waals surface area contributed by atoms with Gasteiger partial charge in [0.15, 0.2) is 0 Å². The van der Waals surface area contributed by atoms with Gasteiger partial charge in [0.05, 0.1) is 24.1 Å². The number of hydrogen-bond acceptors (Lipinski definition) is 3. The number of carbonyl (C=O) groups excluding carboxylic acids is 1. The van der Waals surface area contributed by atoms with E-state index in [1.165, 1.54) is 5.01 Å². The van der Waals surface area contributed by atoms with Gasteiger partial charge in [-0.15, -0.1) is 0 Å². The lowest BCUT2D eigenvalue weighted by Crippen LogP contribution is -2.21. The van der Waals surface area contributed by atoms with Gasteiger partial charge in [-0.25, -0.2) is 0 Å². The first-order chi connectivity index (χ1) is 11.1. The van der Waals surface area contributed by atoms with Crippen LogP contribution in [-0.2, 0) is 4.79 Å². The number of anilines is 1. The molecule has 0 unspecified atom stereocenters.